The molecule has 23 heavy (non-hydrogen) atoms. The Morgan fingerprint density at radius 1 is 1.09 bits per heavy atom. The topological polar surface area (TPSA) is 45.7 Å². The summed E-state index contributed by atoms with van der Waals surface area (Å²) in [6, 6.07) is 10.4. The zero-order valence-electron chi connectivity index (χ0n) is 12.9. The van der Waals surface area contributed by atoms with E-state index in [1.54, 1.807) is 6.20 Å². The van der Waals surface area contributed by atoms with Crippen molar-refractivity contribution in [2.24, 2.45) is 0 Å². The number of para-hydroxylation sites is 1. The van der Waals surface area contributed by atoms with Crippen molar-refractivity contribution >= 4 is 17.3 Å². The molecule has 1 amide bonds. The average molecular weight is 309 g/mol. The number of hydrogen-bond donors (Lipinski definition) is 0. The standard InChI is InChI=1S/C18H19N3O2/c22-18(20-7-9-23-10-8-20)15-11-16(13-19-12-15)21-6-5-14-3-1-2-4-17(14)21/h1-4,11-13H,5-10H2. The lowest BCUT2D eigenvalue weighted by atomic mass is 10.2. The van der Waals surface area contributed by atoms with Crippen LogP contribution in [0.25, 0.3) is 0 Å². The van der Waals surface area contributed by atoms with Crippen molar-refractivity contribution in [1.82, 2.24) is 9.88 Å². The largest absolute Gasteiger partial charge is 0.378 e. The van der Waals surface area contributed by atoms with Gasteiger partial charge in [0.2, 0.25) is 0 Å². The van der Waals surface area contributed by atoms with Crippen molar-refractivity contribution in [2.75, 3.05) is 37.7 Å². The lowest BCUT2D eigenvalue weighted by Crippen LogP contribution is -2.40. The highest BCUT2D eigenvalue weighted by atomic mass is 16.5. The zero-order valence-corrected chi connectivity index (χ0v) is 12.9. The molecule has 3 heterocycles. The van der Waals surface area contributed by atoms with Gasteiger partial charge in [-0.3, -0.25) is 9.78 Å². The first-order valence-corrected chi connectivity index (χ1v) is 8.00. The van der Waals surface area contributed by atoms with E-state index in [4.69, 9.17) is 4.74 Å². The van der Waals surface area contributed by atoms with E-state index in [0.29, 0.717) is 31.9 Å². The SMILES string of the molecule is O=C(c1cncc(N2CCc3ccccc32)c1)N1CCOCC1. The van der Waals surface area contributed by atoms with Gasteiger partial charge in [-0.15, -0.1) is 0 Å². The molecular weight excluding hydrogens is 290 g/mol. The van der Waals surface area contributed by atoms with Crippen LogP contribution in [0.15, 0.2) is 42.7 Å². The van der Waals surface area contributed by atoms with E-state index >= 15 is 0 Å². The third kappa shape index (κ3) is 2.68. The maximum atomic E-state index is 12.6. The Morgan fingerprint density at radius 2 is 1.91 bits per heavy atom. The van der Waals surface area contributed by atoms with Crippen LogP contribution < -0.4 is 4.90 Å². The molecule has 5 heteroatoms. The van der Waals surface area contributed by atoms with E-state index in [9.17, 15) is 4.79 Å². The fourth-order valence-corrected chi connectivity index (χ4v) is 3.25. The third-order valence-corrected chi connectivity index (χ3v) is 4.47. The van der Waals surface area contributed by atoms with Gasteiger partial charge in [0.05, 0.1) is 30.7 Å². The number of nitrogens with zero attached hydrogens (tertiary/aromatic N) is 3. The fourth-order valence-electron chi connectivity index (χ4n) is 3.25. The minimum atomic E-state index is 0.0372. The number of ether oxygens (including phenoxy) is 1. The van der Waals surface area contributed by atoms with Crippen LogP contribution in [0.2, 0.25) is 0 Å². The number of rotatable bonds is 2. The third-order valence-electron chi connectivity index (χ3n) is 4.47. The summed E-state index contributed by atoms with van der Waals surface area (Å²) in [6.07, 6.45) is 4.51. The van der Waals surface area contributed by atoms with Crippen LogP contribution in [0.4, 0.5) is 11.4 Å². The number of amides is 1. The molecule has 0 aliphatic carbocycles. The van der Waals surface area contributed by atoms with Gasteiger partial charge < -0.3 is 14.5 Å². The number of carbonyl (C=O) groups is 1. The summed E-state index contributed by atoms with van der Waals surface area (Å²) in [5, 5.41) is 0. The lowest BCUT2D eigenvalue weighted by molar-refractivity contribution is 0.0302. The summed E-state index contributed by atoms with van der Waals surface area (Å²) in [5.74, 6) is 0.0372. The van der Waals surface area contributed by atoms with E-state index in [0.717, 1.165) is 18.7 Å². The highest BCUT2D eigenvalue weighted by molar-refractivity contribution is 5.95. The van der Waals surface area contributed by atoms with Gasteiger partial charge in [0.1, 0.15) is 0 Å². The minimum absolute atomic E-state index is 0.0372. The summed E-state index contributed by atoms with van der Waals surface area (Å²) in [5.41, 5.74) is 4.19. The number of pyridine rings is 1. The Morgan fingerprint density at radius 3 is 2.78 bits per heavy atom. The van der Waals surface area contributed by atoms with Crippen LogP contribution >= 0.6 is 0 Å². The smallest absolute Gasteiger partial charge is 0.255 e. The molecule has 118 valence electrons. The molecule has 2 aliphatic heterocycles. The number of hydrogen-bond acceptors (Lipinski definition) is 4. The van der Waals surface area contributed by atoms with Gasteiger partial charge in [-0.05, 0) is 24.1 Å². The van der Waals surface area contributed by atoms with Crippen molar-refractivity contribution < 1.29 is 9.53 Å². The number of carbonyl (C=O) groups excluding carboxylic acids is 1. The monoisotopic (exact) mass is 309 g/mol. The molecule has 0 unspecified atom stereocenters. The number of morpholine rings is 1. The van der Waals surface area contributed by atoms with Crippen LogP contribution in [0, 0.1) is 0 Å². The van der Waals surface area contributed by atoms with Crippen molar-refractivity contribution in [3.8, 4) is 0 Å². The molecule has 1 aromatic heterocycles. The van der Waals surface area contributed by atoms with Gasteiger partial charge in [0, 0.05) is 31.5 Å². The van der Waals surface area contributed by atoms with E-state index in [-0.39, 0.29) is 5.91 Å². The molecule has 0 spiro atoms. The van der Waals surface area contributed by atoms with Gasteiger partial charge in [0.25, 0.3) is 5.91 Å². The molecule has 2 aromatic rings. The Balaban J connectivity index is 1.61. The predicted octanol–water partition coefficient (Wildman–Crippen LogP) is 2.25. The Hall–Kier alpha value is -2.40. The molecule has 1 aromatic carbocycles. The lowest BCUT2D eigenvalue weighted by Gasteiger charge is -2.27. The van der Waals surface area contributed by atoms with E-state index in [2.05, 4.69) is 28.1 Å². The van der Waals surface area contributed by atoms with Crippen LogP contribution in [0.5, 0.6) is 0 Å². The molecule has 2 aliphatic rings. The van der Waals surface area contributed by atoms with Crippen LogP contribution in [0.3, 0.4) is 0 Å². The number of aromatic nitrogens is 1. The minimum Gasteiger partial charge on any atom is -0.378 e. The molecular formula is C18H19N3O2. The summed E-state index contributed by atoms with van der Waals surface area (Å²) < 4.78 is 5.31. The summed E-state index contributed by atoms with van der Waals surface area (Å²) in [4.78, 5) is 21.0. The fraction of sp³-hybridized carbons (Fsp3) is 0.333. The first kappa shape index (κ1) is 14.2. The Bertz CT molecular complexity index is 726. The van der Waals surface area contributed by atoms with Gasteiger partial charge >= 0.3 is 0 Å². The van der Waals surface area contributed by atoms with Gasteiger partial charge in [0.15, 0.2) is 0 Å². The van der Waals surface area contributed by atoms with Crippen molar-refractivity contribution in [3.05, 3.63) is 53.9 Å². The van der Waals surface area contributed by atoms with E-state index < -0.39 is 0 Å². The second-order valence-corrected chi connectivity index (χ2v) is 5.87. The molecule has 1 saturated heterocycles. The van der Waals surface area contributed by atoms with Gasteiger partial charge in [-0.25, -0.2) is 0 Å². The van der Waals surface area contributed by atoms with Crippen LogP contribution in [-0.4, -0.2) is 48.6 Å². The van der Waals surface area contributed by atoms with E-state index in [1.807, 2.05) is 23.2 Å². The molecule has 0 N–H and O–H groups in total. The average Bonchev–Trinajstić information content (AvgIpc) is 3.06. The first-order chi connectivity index (χ1) is 11.3. The molecule has 0 saturated carbocycles. The Kier molecular flexibility index (Phi) is 3.71. The first-order valence-electron chi connectivity index (χ1n) is 8.00. The number of benzene rings is 1. The summed E-state index contributed by atoms with van der Waals surface area (Å²) in [7, 11) is 0. The number of anilines is 2. The molecule has 0 radical (unpaired) electrons. The van der Waals surface area contributed by atoms with E-state index in [1.165, 1.54) is 11.3 Å². The predicted molar refractivity (Wildman–Crippen MR) is 88.1 cm³/mol. The highest BCUT2D eigenvalue weighted by Gasteiger charge is 2.23. The molecule has 4 rings (SSSR count). The summed E-state index contributed by atoms with van der Waals surface area (Å²) in [6.45, 7) is 3.44. The van der Waals surface area contributed by atoms with Crippen molar-refractivity contribution in [3.63, 3.8) is 0 Å². The molecule has 5 nitrogen and oxygen atoms in total. The second kappa shape index (κ2) is 6.01. The summed E-state index contributed by atoms with van der Waals surface area (Å²) >= 11 is 0. The van der Waals surface area contributed by atoms with Gasteiger partial charge in [-0.1, -0.05) is 18.2 Å². The normalized spacial score (nSPS) is 17.2. The highest BCUT2D eigenvalue weighted by Crippen LogP contribution is 2.34. The molecule has 1 fully saturated rings. The van der Waals surface area contributed by atoms with Crippen molar-refractivity contribution in [1.29, 1.82) is 0 Å². The second-order valence-electron chi connectivity index (χ2n) is 5.87. The zero-order chi connectivity index (χ0) is 15.6. The number of fused-ring (bicyclic) bond motifs is 1. The Labute approximate surface area is 135 Å². The maximum Gasteiger partial charge on any atom is 0.255 e. The van der Waals surface area contributed by atoms with Gasteiger partial charge in [-0.2, -0.15) is 0 Å². The molecule has 0 atom stereocenters. The molecule has 0 bridgehead atoms. The quantitative estimate of drug-likeness (QED) is 0.853. The van der Waals surface area contributed by atoms with Crippen molar-refractivity contribution in [2.45, 2.75) is 6.42 Å². The van der Waals surface area contributed by atoms with Crippen LogP contribution in [-0.2, 0) is 11.2 Å². The van der Waals surface area contributed by atoms with Crippen LogP contribution in [0.1, 0.15) is 15.9 Å². The maximum absolute atomic E-state index is 12.6.